The lowest BCUT2D eigenvalue weighted by Gasteiger charge is -2.11. The molecule has 0 amide bonds. The van der Waals surface area contributed by atoms with Gasteiger partial charge in [0.1, 0.15) is 5.82 Å². The molecule has 3 N–H and O–H groups in total. The average molecular weight is 218 g/mol. The summed E-state index contributed by atoms with van der Waals surface area (Å²) in [5.41, 5.74) is 9.34. The summed E-state index contributed by atoms with van der Waals surface area (Å²) in [5.74, 6) is 1.02. The number of hydrogen-bond acceptors (Lipinski definition) is 3. The molecule has 4 nitrogen and oxygen atoms in total. The summed E-state index contributed by atoms with van der Waals surface area (Å²) in [5, 5.41) is 3.08. The van der Waals surface area contributed by atoms with Crippen molar-refractivity contribution in [3.63, 3.8) is 0 Å². The molecule has 1 unspecified atom stereocenters. The molecule has 0 fully saturated rings. The van der Waals surface area contributed by atoms with E-state index < -0.39 is 0 Å². The number of nitrogens with two attached hydrogens (primary N) is 1. The van der Waals surface area contributed by atoms with E-state index in [1.807, 2.05) is 21.0 Å². The Morgan fingerprint density at radius 3 is 2.94 bits per heavy atom. The van der Waals surface area contributed by atoms with Crippen LogP contribution in [0.3, 0.4) is 0 Å². The normalized spacial score (nSPS) is 13.2. The van der Waals surface area contributed by atoms with Crippen molar-refractivity contribution in [2.24, 2.45) is 12.8 Å². The minimum Gasteiger partial charge on any atom is -0.331 e. The van der Waals surface area contributed by atoms with Crippen molar-refractivity contribution in [2.75, 3.05) is 13.6 Å². The standard InChI is InChI=1S/C12H18N4/c1-8-15-11-6-9(10(13)7-14-2)4-5-12(11)16(8)3/h4-6,10,14H,7,13H2,1-3H3. The number of nitrogens with zero attached hydrogens (tertiary/aromatic N) is 2. The molecule has 2 aromatic rings. The van der Waals surface area contributed by atoms with E-state index in [4.69, 9.17) is 5.73 Å². The second-order valence-electron chi connectivity index (χ2n) is 4.13. The van der Waals surface area contributed by atoms with E-state index in [1.165, 1.54) is 0 Å². The average Bonchev–Trinajstić information content (AvgIpc) is 2.55. The van der Waals surface area contributed by atoms with Gasteiger partial charge < -0.3 is 15.6 Å². The second-order valence-corrected chi connectivity index (χ2v) is 4.13. The number of rotatable bonds is 3. The van der Waals surface area contributed by atoms with Crippen LogP contribution in [0.2, 0.25) is 0 Å². The van der Waals surface area contributed by atoms with E-state index in [2.05, 4.69) is 33.1 Å². The maximum Gasteiger partial charge on any atom is 0.106 e. The Kier molecular flexibility index (Phi) is 2.94. The minimum atomic E-state index is 0.0247. The lowest BCUT2D eigenvalue weighted by Crippen LogP contribution is -2.23. The predicted octanol–water partition coefficient (Wildman–Crippen LogP) is 1.10. The molecule has 0 aliphatic heterocycles. The van der Waals surface area contributed by atoms with Crippen LogP contribution >= 0.6 is 0 Å². The zero-order chi connectivity index (χ0) is 11.7. The molecular formula is C12H18N4. The highest BCUT2D eigenvalue weighted by Gasteiger charge is 2.08. The van der Waals surface area contributed by atoms with Gasteiger partial charge >= 0.3 is 0 Å². The second kappa shape index (κ2) is 4.23. The summed E-state index contributed by atoms with van der Waals surface area (Å²) >= 11 is 0. The molecular weight excluding hydrogens is 200 g/mol. The smallest absolute Gasteiger partial charge is 0.106 e. The van der Waals surface area contributed by atoms with Crippen LogP contribution < -0.4 is 11.1 Å². The Labute approximate surface area is 95.5 Å². The quantitative estimate of drug-likeness (QED) is 0.811. The number of benzene rings is 1. The Hall–Kier alpha value is -1.39. The Morgan fingerprint density at radius 2 is 2.25 bits per heavy atom. The van der Waals surface area contributed by atoms with Crippen molar-refractivity contribution in [3.05, 3.63) is 29.6 Å². The van der Waals surface area contributed by atoms with Gasteiger partial charge in [-0.25, -0.2) is 4.98 Å². The van der Waals surface area contributed by atoms with Gasteiger partial charge in [-0.3, -0.25) is 0 Å². The number of likely N-dealkylation sites (N-methyl/N-ethyl adjacent to an activating group) is 1. The van der Waals surface area contributed by atoms with Crippen LogP contribution in [0.25, 0.3) is 11.0 Å². The molecule has 2 rings (SSSR count). The summed E-state index contributed by atoms with van der Waals surface area (Å²) < 4.78 is 2.09. The highest BCUT2D eigenvalue weighted by molar-refractivity contribution is 5.76. The summed E-state index contributed by atoms with van der Waals surface area (Å²) in [6.07, 6.45) is 0. The van der Waals surface area contributed by atoms with E-state index in [0.29, 0.717) is 0 Å². The van der Waals surface area contributed by atoms with Gasteiger partial charge in [0.15, 0.2) is 0 Å². The highest BCUT2D eigenvalue weighted by atomic mass is 15.0. The molecule has 0 radical (unpaired) electrons. The molecule has 1 atom stereocenters. The Balaban J connectivity index is 2.44. The van der Waals surface area contributed by atoms with Gasteiger partial charge in [-0.2, -0.15) is 0 Å². The van der Waals surface area contributed by atoms with Gasteiger partial charge in [0.05, 0.1) is 11.0 Å². The van der Waals surface area contributed by atoms with Crippen LogP contribution in [0, 0.1) is 6.92 Å². The first-order valence-corrected chi connectivity index (χ1v) is 5.46. The molecule has 86 valence electrons. The number of aromatic nitrogens is 2. The number of imidazole rings is 1. The zero-order valence-corrected chi connectivity index (χ0v) is 9.99. The number of aryl methyl sites for hydroxylation is 2. The van der Waals surface area contributed by atoms with Gasteiger partial charge in [0.25, 0.3) is 0 Å². The monoisotopic (exact) mass is 218 g/mol. The van der Waals surface area contributed by atoms with Gasteiger partial charge in [-0.05, 0) is 31.7 Å². The lowest BCUT2D eigenvalue weighted by atomic mass is 10.1. The molecule has 0 aliphatic carbocycles. The van der Waals surface area contributed by atoms with E-state index >= 15 is 0 Å². The Bertz CT molecular complexity index is 501. The molecule has 16 heavy (non-hydrogen) atoms. The van der Waals surface area contributed by atoms with Crippen LogP contribution in [0.5, 0.6) is 0 Å². The van der Waals surface area contributed by atoms with Gasteiger partial charge in [0.2, 0.25) is 0 Å². The maximum absolute atomic E-state index is 6.04. The van der Waals surface area contributed by atoms with Gasteiger partial charge in [-0.15, -0.1) is 0 Å². The molecule has 1 aromatic carbocycles. The first-order chi connectivity index (χ1) is 7.63. The molecule has 0 saturated carbocycles. The SMILES string of the molecule is CNCC(N)c1ccc2c(c1)nc(C)n2C. The third-order valence-corrected chi connectivity index (χ3v) is 2.98. The molecule has 0 saturated heterocycles. The van der Waals surface area contributed by atoms with Crippen LogP contribution in [0.1, 0.15) is 17.4 Å². The summed E-state index contributed by atoms with van der Waals surface area (Å²) in [6.45, 7) is 2.78. The van der Waals surface area contributed by atoms with Crippen LogP contribution in [0.4, 0.5) is 0 Å². The largest absolute Gasteiger partial charge is 0.331 e. The van der Waals surface area contributed by atoms with Crippen molar-refractivity contribution in [2.45, 2.75) is 13.0 Å². The van der Waals surface area contributed by atoms with Crippen LogP contribution in [-0.4, -0.2) is 23.1 Å². The van der Waals surface area contributed by atoms with Crippen molar-refractivity contribution in [1.29, 1.82) is 0 Å². The minimum absolute atomic E-state index is 0.0247. The van der Waals surface area contributed by atoms with Crippen LogP contribution in [-0.2, 0) is 7.05 Å². The summed E-state index contributed by atoms with van der Waals surface area (Å²) in [7, 11) is 3.93. The summed E-state index contributed by atoms with van der Waals surface area (Å²) in [6, 6.07) is 6.26. The van der Waals surface area contributed by atoms with Gasteiger partial charge in [-0.1, -0.05) is 6.07 Å². The van der Waals surface area contributed by atoms with E-state index in [0.717, 1.165) is 29.0 Å². The topological polar surface area (TPSA) is 55.9 Å². The maximum atomic E-state index is 6.04. The highest BCUT2D eigenvalue weighted by Crippen LogP contribution is 2.19. The third-order valence-electron chi connectivity index (χ3n) is 2.98. The first-order valence-electron chi connectivity index (χ1n) is 5.46. The number of nitrogens with one attached hydrogen (secondary N) is 1. The predicted molar refractivity (Wildman–Crippen MR) is 66.3 cm³/mol. The summed E-state index contributed by atoms with van der Waals surface area (Å²) in [4.78, 5) is 4.50. The Morgan fingerprint density at radius 1 is 1.50 bits per heavy atom. The fourth-order valence-electron chi connectivity index (χ4n) is 1.91. The fourth-order valence-corrected chi connectivity index (χ4v) is 1.91. The molecule has 0 bridgehead atoms. The van der Waals surface area contributed by atoms with Crippen molar-refractivity contribution in [3.8, 4) is 0 Å². The third kappa shape index (κ3) is 1.81. The van der Waals surface area contributed by atoms with E-state index in [1.54, 1.807) is 0 Å². The fraction of sp³-hybridized carbons (Fsp3) is 0.417. The molecule has 4 heteroatoms. The number of fused-ring (bicyclic) bond motifs is 1. The van der Waals surface area contributed by atoms with E-state index in [-0.39, 0.29) is 6.04 Å². The van der Waals surface area contributed by atoms with Crippen molar-refractivity contribution >= 4 is 11.0 Å². The van der Waals surface area contributed by atoms with Crippen LogP contribution in [0.15, 0.2) is 18.2 Å². The first kappa shape index (κ1) is 11.1. The van der Waals surface area contributed by atoms with Gasteiger partial charge in [0, 0.05) is 19.6 Å². The molecule has 0 spiro atoms. The lowest BCUT2D eigenvalue weighted by molar-refractivity contribution is 0.653. The number of hydrogen-bond donors (Lipinski definition) is 2. The molecule has 1 heterocycles. The van der Waals surface area contributed by atoms with Crippen molar-refractivity contribution < 1.29 is 0 Å². The molecule has 1 aromatic heterocycles. The van der Waals surface area contributed by atoms with E-state index in [9.17, 15) is 0 Å². The molecule has 0 aliphatic rings. The zero-order valence-electron chi connectivity index (χ0n) is 9.99. The van der Waals surface area contributed by atoms with Crippen molar-refractivity contribution in [1.82, 2.24) is 14.9 Å².